The summed E-state index contributed by atoms with van der Waals surface area (Å²) in [5.74, 6) is -11.4. The topological polar surface area (TPSA) is 464 Å². The molecule has 0 saturated carbocycles. The molecule has 0 aromatic heterocycles. The molecule has 4 aromatic carbocycles. The number of phenols is 4. The van der Waals surface area contributed by atoms with E-state index in [1.165, 1.54) is 50.6 Å². The van der Waals surface area contributed by atoms with Gasteiger partial charge in [0.25, 0.3) is 0 Å². The zero-order chi connectivity index (χ0) is 61.9. The van der Waals surface area contributed by atoms with Crippen molar-refractivity contribution in [3.63, 3.8) is 0 Å². The van der Waals surface area contributed by atoms with E-state index in [9.17, 15) is 74.7 Å². The molecule has 10 rings (SSSR count). The fourth-order valence-electron chi connectivity index (χ4n) is 11.6. The Labute approximate surface area is 496 Å². The number of ether oxygens (including phenoxy) is 6. The van der Waals surface area contributed by atoms with Gasteiger partial charge in [0.05, 0.1) is 72.0 Å². The number of hydrogen-bond donors (Lipinski definition) is 12. The number of phenolic OH excluding ortho intramolecular Hbond substituents is 4. The first-order chi connectivity index (χ1) is 39.5. The number of aliphatic hydroxyl groups excluding tert-OH is 3. The quantitative estimate of drug-likeness (QED) is 0.0523. The summed E-state index contributed by atoms with van der Waals surface area (Å²) < 4.78 is 34.2. The van der Waals surface area contributed by atoms with Crippen LogP contribution in [-0.2, 0) is 72.0 Å². The van der Waals surface area contributed by atoms with E-state index in [2.05, 4.69) is 6.92 Å². The maximum Gasteiger partial charge on any atom is 2.00 e. The van der Waals surface area contributed by atoms with Gasteiger partial charge in [-0.15, -0.1) is 6.04 Å². The number of carboxylic acids is 2. The number of Topliss-reactive ketones (excluding diaryl/α,β-unsaturated/α-hetero) is 2. The fraction of sp³-hybridized carbons (Fsp3) is 0.421. The SMILES string of the molecule is COc1cccc2c1C(=O)c1c(O)c3c(c(O)c1C2=O)C[C@@](O)(C(=O)CO)CC3O[C@H]1CC(N)C(O)C(C)O1.O=C(O)C(=O)O.[CH2-]C1C[C@H](OC2C[C@](O)(C(=O)CO)Cc3c(O)c4c(c(O)c32)C(=O)c2c(OC)cccc2C4=O)OC(C)[C@@H]1[NH-].[Pt+2]. The summed E-state index contributed by atoms with van der Waals surface area (Å²) >= 11 is 0. The van der Waals surface area contributed by atoms with Crippen molar-refractivity contribution in [1.82, 2.24) is 0 Å². The number of benzene rings is 4. The minimum Gasteiger partial charge on any atom is -0.674 e. The second-order valence-corrected chi connectivity index (χ2v) is 21.1. The average Bonchev–Trinajstić information content (AvgIpc) is 0.799. The molecule has 2 heterocycles. The molecule has 28 heteroatoms. The first-order valence-corrected chi connectivity index (χ1v) is 26.0. The van der Waals surface area contributed by atoms with Crippen molar-refractivity contribution < 1.29 is 144 Å². The smallest absolute Gasteiger partial charge is 0.674 e. The van der Waals surface area contributed by atoms with Gasteiger partial charge in [0.2, 0.25) is 11.6 Å². The maximum absolute atomic E-state index is 13.7. The Hall–Kier alpha value is -7.11. The Morgan fingerprint density at radius 1 is 0.635 bits per heavy atom. The van der Waals surface area contributed by atoms with E-state index in [4.69, 9.17) is 59.7 Å². The Kier molecular flexibility index (Phi) is 19.3. The van der Waals surface area contributed by atoms with Crippen molar-refractivity contribution in [2.24, 2.45) is 11.7 Å². The van der Waals surface area contributed by atoms with Crippen molar-refractivity contribution >= 4 is 46.6 Å². The molecule has 2 aliphatic heterocycles. The number of rotatable bonds is 10. The van der Waals surface area contributed by atoms with Crippen LogP contribution in [-0.4, -0.2) is 184 Å². The van der Waals surface area contributed by atoms with Crippen LogP contribution in [0.4, 0.5) is 0 Å². The van der Waals surface area contributed by atoms with Crippen molar-refractivity contribution in [2.75, 3.05) is 27.4 Å². The molecule has 7 unspecified atom stereocenters. The molecular weight excluding hydrogens is 1310 g/mol. The number of aliphatic hydroxyl groups is 5. The monoisotopic (exact) mass is 1370 g/mol. The van der Waals surface area contributed by atoms with Crippen LogP contribution >= 0.6 is 0 Å². The molecule has 0 bridgehead atoms. The van der Waals surface area contributed by atoms with Crippen LogP contribution in [0.3, 0.4) is 0 Å². The summed E-state index contributed by atoms with van der Waals surface area (Å²) in [5, 5.41) is 112. The van der Waals surface area contributed by atoms with Gasteiger partial charge in [-0.1, -0.05) is 24.3 Å². The molecule has 2 saturated heterocycles. The first-order valence-electron chi connectivity index (χ1n) is 26.0. The molecule has 458 valence electrons. The number of ketones is 6. The van der Waals surface area contributed by atoms with Crippen molar-refractivity contribution in [3.8, 4) is 34.5 Å². The Balaban J connectivity index is 0.000000220. The molecule has 2 fully saturated rings. The number of fused-ring (bicyclic) bond motifs is 6. The minimum absolute atomic E-state index is 0. The second kappa shape index (κ2) is 25.1. The Morgan fingerprint density at radius 2 is 1.01 bits per heavy atom. The molecule has 0 amide bonds. The normalized spacial score (nSPS) is 27.9. The number of nitrogens with one attached hydrogen (secondary N) is 1. The maximum atomic E-state index is 13.7. The van der Waals surface area contributed by atoms with Crippen LogP contribution in [0, 0.1) is 12.8 Å². The molecule has 4 aliphatic carbocycles. The number of hydrogen-bond acceptors (Lipinski definition) is 24. The van der Waals surface area contributed by atoms with Gasteiger partial charge in [0.1, 0.15) is 58.9 Å². The summed E-state index contributed by atoms with van der Waals surface area (Å²) in [4.78, 5) is 97.7. The van der Waals surface area contributed by atoms with E-state index >= 15 is 0 Å². The van der Waals surface area contributed by atoms with Crippen LogP contribution < -0.4 is 15.2 Å². The number of carboxylic acid groups (broad SMARTS) is 2. The van der Waals surface area contributed by atoms with Gasteiger partial charge in [-0.3, -0.25) is 28.8 Å². The minimum atomic E-state index is -2.24. The predicted molar refractivity (Wildman–Crippen MR) is 282 cm³/mol. The molecule has 0 radical (unpaired) electrons. The van der Waals surface area contributed by atoms with E-state index in [0.717, 1.165) is 0 Å². The van der Waals surface area contributed by atoms with Crippen molar-refractivity contribution in [1.29, 1.82) is 0 Å². The Morgan fingerprint density at radius 3 is 1.36 bits per heavy atom. The van der Waals surface area contributed by atoms with E-state index in [-0.39, 0.29) is 95.8 Å². The summed E-state index contributed by atoms with van der Waals surface area (Å²) in [7, 11) is 2.65. The summed E-state index contributed by atoms with van der Waals surface area (Å²) in [6.45, 7) is 5.20. The zero-order valence-corrected chi connectivity index (χ0v) is 47.9. The third-order valence-electron chi connectivity index (χ3n) is 15.9. The molecule has 12 atom stereocenters. The summed E-state index contributed by atoms with van der Waals surface area (Å²) in [6, 6.07) is 7.42. The van der Waals surface area contributed by atoms with Gasteiger partial charge in [0, 0.05) is 77.6 Å². The van der Waals surface area contributed by atoms with Crippen LogP contribution in [0.2, 0.25) is 0 Å². The van der Waals surface area contributed by atoms with Gasteiger partial charge in [0.15, 0.2) is 35.7 Å². The van der Waals surface area contributed by atoms with Gasteiger partial charge >= 0.3 is 33.0 Å². The Bertz CT molecular complexity index is 3180. The molecule has 85 heavy (non-hydrogen) atoms. The number of methoxy groups -OCH3 is 2. The summed E-state index contributed by atoms with van der Waals surface area (Å²) in [6.07, 6.45) is -8.72. The van der Waals surface area contributed by atoms with Gasteiger partial charge < -0.3 is 103 Å². The largest absolute Gasteiger partial charge is 2.00 e. The van der Waals surface area contributed by atoms with Gasteiger partial charge in [-0.05, 0) is 32.4 Å². The molecule has 6 aliphatic rings. The van der Waals surface area contributed by atoms with Gasteiger partial charge in [-0.25, -0.2) is 9.59 Å². The van der Waals surface area contributed by atoms with Crippen LogP contribution in [0.25, 0.3) is 5.73 Å². The zero-order valence-electron chi connectivity index (χ0n) is 45.6. The van der Waals surface area contributed by atoms with E-state index in [0.29, 0.717) is 0 Å². The fourth-order valence-corrected chi connectivity index (χ4v) is 11.6. The van der Waals surface area contributed by atoms with E-state index < -0.39 is 197 Å². The van der Waals surface area contributed by atoms with E-state index in [1.54, 1.807) is 13.8 Å². The third-order valence-corrected chi connectivity index (χ3v) is 15.9. The molecule has 14 N–H and O–H groups in total. The molecule has 27 nitrogen and oxygen atoms in total. The molecular formula is C57H60N2O25Pt. The van der Waals surface area contributed by atoms with Crippen LogP contribution in [0.5, 0.6) is 34.5 Å². The number of aliphatic carboxylic acids is 2. The van der Waals surface area contributed by atoms with E-state index in [1.807, 2.05) is 0 Å². The van der Waals surface area contributed by atoms with Crippen LogP contribution in [0.15, 0.2) is 36.4 Å². The van der Waals surface area contributed by atoms with Crippen molar-refractivity contribution in [2.45, 2.75) is 119 Å². The predicted octanol–water partition coefficient (Wildman–Crippen LogP) is 1.34. The second-order valence-electron chi connectivity index (χ2n) is 21.1. The average molecular weight is 1370 g/mol. The molecule has 4 aromatic rings. The third kappa shape index (κ3) is 11.6. The number of nitrogens with two attached hydrogens (primary N) is 1. The standard InChI is InChI=1S/C28H29NO10.C27H29NO11.C2H2O4.Pt/c1-11-7-18(38-12(2)23(11)29)39-16-9-28(36,17(31)10-30)8-14-20(16)27(35)22-21(25(14)33)24(32)13-5-4-6-15(37-3)19(13)26(22)34;1-10-22(31)13(28)6-17(38-10)39-15-8-27(36,16(30)9-29)7-12-19(15)26(35)21-20(24(12)33)23(32)11-4-3-5-14(37-2)18(11)25(21)34;3-1(4)2(5)6;/h4-6,11-12,16,18,23,29-30,33,35-36H,1,7-10H2,2-3H3;3-5,10,13,15,17,22,29,31,33,35-36H,6-9,28H2,1-2H3;(H,3,4)(H,5,6);/q-2;;;+2/t11?,12?,16?,18-,23+,28-;10?,13?,15?,17-,22?,27-;;/m00../s1. The van der Waals surface area contributed by atoms with Crippen molar-refractivity contribution in [3.05, 3.63) is 116 Å². The van der Waals surface area contributed by atoms with Crippen LogP contribution in [0.1, 0.15) is 138 Å². The number of aromatic hydroxyl groups is 4. The summed E-state index contributed by atoms with van der Waals surface area (Å²) in [5.41, 5.74) is 7.05. The number of carbonyl (C=O) groups excluding carboxylic acids is 6. The molecule has 0 spiro atoms. The first kappa shape index (κ1) is 65.4. The van der Waals surface area contributed by atoms with Gasteiger partial charge in [-0.2, -0.15) is 5.92 Å². The number of carbonyl (C=O) groups is 8.